The zero-order valence-corrected chi connectivity index (χ0v) is 35.1. The lowest BCUT2D eigenvalue weighted by molar-refractivity contribution is -0.164. The van der Waals surface area contributed by atoms with Crippen molar-refractivity contribution in [1.82, 2.24) is 30.7 Å². The Bertz CT molecular complexity index is 2050. The molecule has 0 aromatic heterocycles. The van der Waals surface area contributed by atoms with Gasteiger partial charge in [-0.15, -0.1) is 0 Å². The Morgan fingerprint density at radius 1 is 0.885 bits per heavy atom. The summed E-state index contributed by atoms with van der Waals surface area (Å²) in [7, 11) is 0. The van der Waals surface area contributed by atoms with Crippen LogP contribution in [0, 0.1) is 12.8 Å². The van der Waals surface area contributed by atoms with Crippen LogP contribution in [0.25, 0.3) is 0 Å². The van der Waals surface area contributed by atoms with E-state index >= 15 is 0 Å². The van der Waals surface area contributed by atoms with Gasteiger partial charge in [-0.2, -0.15) is 0 Å². The lowest BCUT2D eigenvalue weighted by Gasteiger charge is -2.39. The minimum Gasteiger partial charge on any atom is -0.493 e. The first kappa shape index (κ1) is 43.5. The summed E-state index contributed by atoms with van der Waals surface area (Å²) in [6.07, 6.45) is -0.621. The molecule has 4 saturated heterocycles. The van der Waals surface area contributed by atoms with Gasteiger partial charge >= 0.3 is 5.97 Å². The van der Waals surface area contributed by atoms with Crippen LogP contribution in [0.5, 0.6) is 5.75 Å². The number of aliphatic hydroxyl groups excluding tert-OH is 1. The Labute approximate surface area is 354 Å². The zero-order valence-electron chi connectivity index (χ0n) is 35.1. The molecular formula is C44H56N6O11. The lowest BCUT2D eigenvalue weighted by Crippen LogP contribution is -2.64. The number of benzene rings is 2. The first-order chi connectivity index (χ1) is 29.2. The number of fused-ring (bicyclic) bond motifs is 4. The summed E-state index contributed by atoms with van der Waals surface area (Å²) < 4.78 is 17.3. The number of nitrogens with one attached hydrogen (secondary N) is 3. The van der Waals surface area contributed by atoms with E-state index in [4.69, 9.17) is 14.2 Å². The molecule has 17 heteroatoms. The van der Waals surface area contributed by atoms with Gasteiger partial charge in [-0.25, -0.2) is 4.79 Å². The van der Waals surface area contributed by atoms with Gasteiger partial charge in [0.25, 0.3) is 0 Å². The van der Waals surface area contributed by atoms with E-state index in [-0.39, 0.29) is 64.4 Å². The number of esters is 1. The van der Waals surface area contributed by atoms with Crippen molar-refractivity contribution in [1.29, 1.82) is 0 Å². The van der Waals surface area contributed by atoms with Crippen molar-refractivity contribution < 1.29 is 52.9 Å². The van der Waals surface area contributed by atoms with E-state index in [0.717, 1.165) is 40.2 Å². The molecule has 6 amide bonds. The predicted octanol–water partition coefficient (Wildman–Crippen LogP) is -0.0490. The Morgan fingerprint density at radius 2 is 1.67 bits per heavy atom. The van der Waals surface area contributed by atoms with Gasteiger partial charge in [0.05, 0.1) is 32.3 Å². The molecule has 4 fully saturated rings. The van der Waals surface area contributed by atoms with Crippen LogP contribution in [0.3, 0.4) is 0 Å². The van der Waals surface area contributed by atoms with Crippen LogP contribution in [0.1, 0.15) is 62.3 Å². The Balaban J connectivity index is 1.20. The van der Waals surface area contributed by atoms with E-state index in [1.54, 1.807) is 0 Å². The topological polar surface area (TPSA) is 213 Å². The van der Waals surface area contributed by atoms with Gasteiger partial charge in [0.2, 0.25) is 35.4 Å². The molecule has 0 unspecified atom stereocenters. The number of nitrogens with zero attached hydrogens (tertiary/aromatic N) is 3. The van der Waals surface area contributed by atoms with E-state index < -0.39 is 89.9 Å². The summed E-state index contributed by atoms with van der Waals surface area (Å²) in [4.78, 5) is 103. The number of carbonyl (C=O) groups is 7. The van der Waals surface area contributed by atoms with Crippen LogP contribution < -0.4 is 20.7 Å². The fraction of sp³-hybridized carbons (Fsp3) is 0.568. The maximum Gasteiger partial charge on any atom is 0.329 e. The van der Waals surface area contributed by atoms with Crippen LogP contribution in [-0.4, -0.2) is 149 Å². The number of aryl methyl sites for hydroxylation is 2. The van der Waals surface area contributed by atoms with Gasteiger partial charge in [-0.1, -0.05) is 48.9 Å². The van der Waals surface area contributed by atoms with Crippen molar-refractivity contribution in [3.05, 3.63) is 64.7 Å². The number of cyclic esters (lactones) is 1. The standard InChI is InChI=1S/C44H56N6O11/c1-24-7-5-8-28(15-24)17-32(46-37(52)19-29-10-11-30-9-6-13-60-36(30)18-29)39(53)47-38-27(4)61-44(58)34-16-25(2)21-49(34)41(55)26(3)45-40(54)35-23-59-14-12-48(35)42(56)33-20-31(51)22-50(33)43(38)57/h5,7-8,10-11,15,18,25-27,31-35,38,51H,6,9,12-14,16-17,19-23H2,1-4H3,(H,45,54)(H,46,52)(H,47,53)/t25-,26+,27+,31-,32+,33+,34+,35+,38+/m1/s1. The van der Waals surface area contributed by atoms with Crippen LogP contribution in [0.2, 0.25) is 0 Å². The molecule has 0 saturated carbocycles. The number of hydrogen-bond donors (Lipinski definition) is 4. The summed E-state index contributed by atoms with van der Waals surface area (Å²) in [6.45, 7) is 7.17. The molecule has 0 aliphatic carbocycles. The van der Waals surface area contributed by atoms with E-state index in [2.05, 4.69) is 16.0 Å². The molecule has 5 aliphatic rings. The largest absolute Gasteiger partial charge is 0.493 e. The third-order valence-electron chi connectivity index (χ3n) is 12.2. The molecule has 2 aromatic rings. The first-order valence-electron chi connectivity index (χ1n) is 21.2. The number of aliphatic hydroxyl groups is 1. The quantitative estimate of drug-likeness (QED) is 0.272. The Kier molecular flexibility index (Phi) is 13.3. The number of morpholine rings is 1. The van der Waals surface area contributed by atoms with Gasteiger partial charge < -0.3 is 50.0 Å². The molecule has 0 radical (unpaired) electrons. The van der Waals surface area contributed by atoms with Gasteiger partial charge in [-0.05, 0) is 68.7 Å². The molecule has 9 atom stereocenters. The van der Waals surface area contributed by atoms with Crippen LogP contribution in [-0.2, 0) is 62.3 Å². The monoisotopic (exact) mass is 844 g/mol. The number of ether oxygens (including phenoxy) is 3. The SMILES string of the molecule is Cc1cccc(C[C@H](NC(=O)Cc2ccc3c(c2)OCCC3)C(=O)N[C@@H]2C(=O)N3C[C@H](O)C[C@H]3C(=O)N3CCOC[C@H]3C(=O)N[C@@H](C)C(=O)N3C[C@H](C)C[C@H]3C(=O)O[C@H]2C)c1. The van der Waals surface area contributed by atoms with E-state index in [1.165, 1.54) is 23.6 Å². The highest BCUT2D eigenvalue weighted by molar-refractivity contribution is 5.98. The third-order valence-corrected chi connectivity index (χ3v) is 12.2. The summed E-state index contributed by atoms with van der Waals surface area (Å²) in [5, 5.41) is 19.2. The van der Waals surface area contributed by atoms with Crippen LogP contribution in [0.4, 0.5) is 0 Å². The molecule has 0 bridgehead atoms. The Morgan fingerprint density at radius 3 is 2.46 bits per heavy atom. The number of carbonyl (C=O) groups excluding carboxylic acids is 7. The average Bonchev–Trinajstić information content (AvgIpc) is 3.83. The molecule has 61 heavy (non-hydrogen) atoms. The normalized spacial score (nSPS) is 29.0. The smallest absolute Gasteiger partial charge is 0.329 e. The van der Waals surface area contributed by atoms with Gasteiger partial charge in [-0.3, -0.25) is 28.8 Å². The molecule has 5 heterocycles. The fourth-order valence-electron chi connectivity index (χ4n) is 9.05. The highest BCUT2D eigenvalue weighted by Gasteiger charge is 2.49. The highest BCUT2D eigenvalue weighted by atomic mass is 16.5. The second-order valence-corrected chi connectivity index (χ2v) is 17.1. The first-order valence-corrected chi connectivity index (χ1v) is 21.2. The third kappa shape index (κ3) is 9.83. The summed E-state index contributed by atoms with van der Waals surface area (Å²) in [6, 6.07) is 5.70. The van der Waals surface area contributed by atoms with Crippen LogP contribution >= 0.6 is 0 Å². The Hall–Kier alpha value is -5.55. The van der Waals surface area contributed by atoms with Crippen molar-refractivity contribution in [3.8, 4) is 5.75 Å². The molecule has 4 N–H and O–H groups in total. The zero-order chi connectivity index (χ0) is 43.5. The predicted molar refractivity (Wildman–Crippen MR) is 218 cm³/mol. The maximum atomic E-state index is 14.8. The minimum atomic E-state index is -1.61. The van der Waals surface area contributed by atoms with E-state index in [9.17, 15) is 38.7 Å². The molecule has 0 spiro atoms. The van der Waals surface area contributed by atoms with Crippen molar-refractivity contribution in [2.45, 2.75) is 115 Å². The van der Waals surface area contributed by atoms with E-state index in [1.807, 2.05) is 56.3 Å². The molecule has 328 valence electrons. The van der Waals surface area contributed by atoms with Crippen LogP contribution in [0.15, 0.2) is 42.5 Å². The molecule has 7 rings (SSSR count). The second-order valence-electron chi connectivity index (χ2n) is 17.1. The minimum absolute atomic E-state index is 0.00653. The second kappa shape index (κ2) is 18.6. The van der Waals surface area contributed by atoms with Crippen molar-refractivity contribution in [2.75, 3.05) is 39.5 Å². The maximum absolute atomic E-state index is 14.8. The molecule has 2 aromatic carbocycles. The van der Waals surface area contributed by atoms with Crippen molar-refractivity contribution in [3.63, 3.8) is 0 Å². The van der Waals surface area contributed by atoms with Gasteiger partial charge in [0, 0.05) is 32.5 Å². The number of rotatable bonds is 7. The van der Waals surface area contributed by atoms with Gasteiger partial charge in [0.15, 0.2) is 0 Å². The highest BCUT2D eigenvalue weighted by Crippen LogP contribution is 2.29. The van der Waals surface area contributed by atoms with Crippen molar-refractivity contribution in [2.24, 2.45) is 5.92 Å². The number of amides is 6. The van der Waals surface area contributed by atoms with Crippen molar-refractivity contribution >= 4 is 41.4 Å². The number of hydrogen-bond acceptors (Lipinski definition) is 11. The average molecular weight is 845 g/mol. The molecule has 17 nitrogen and oxygen atoms in total. The lowest BCUT2D eigenvalue weighted by atomic mass is 10.0. The van der Waals surface area contributed by atoms with E-state index in [0.29, 0.717) is 12.2 Å². The summed E-state index contributed by atoms with van der Waals surface area (Å²) >= 11 is 0. The molecule has 5 aliphatic heterocycles. The fourth-order valence-corrected chi connectivity index (χ4v) is 9.05. The summed E-state index contributed by atoms with van der Waals surface area (Å²) in [5.74, 6) is -4.04. The van der Waals surface area contributed by atoms with Gasteiger partial charge in [0.1, 0.15) is 48.1 Å². The summed E-state index contributed by atoms with van der Waals surface area (Å²) in [5.41, 5.74) is 3.41. The molecular weight excluding hydrogens is 789 g/mol.